The van der Waals surface area contributed by atoms with E-state index in [2.05, 4.69) is 10.2 Å². The molecule has 0 aromatic carbocycles. The predicted octanol–water partition coefficient (Wildman–Crippen LogP) is 2.92. The minimum atomic E-state index is -4.54. The number of rotatable bonds is 3. The fourth-order valence-electron chi connectivity index (χ4n) is 3.21. The van der Waals surface area contributed by atoms with Crippen molar-refractivity contribution in [1.82, 2.24) is 15.1 Å². The molecule has 2 heterocycles. The number of carbonyl (C=O) groups excluding carboxylic acids is 1. The molecule has 0 spiro atoms. The van der Waals surface area contributed by atoms with E-state index in [1.54, 1.807) is 13.8 Å². The summed E-state index contributed by atoms with van der Waals surface area (Å²) in [6.07, 6.45) is -3.94. The Morgan fingerprint density at radius 2 is 1.92 bits per heavy atom. The van der Waals surface area contributed by atoms with Crippen LogP contribution < -0.4 is 0 Å². The molecule has 1 fully saturated rings. The Bertz CT molecular complexity index is 605. The fourth-order valence-corrected chi connectivity index (χ4v) is 3.21. The number of nitrogens with one attached hydrogen (secondary N) is 1. The molecule has 1 unspecified atom stereocenters. The summed E-state index contributed by atoms with van der Waals surface area (Å²) < 4.78 is 45.3. The summed E-state index contributed by atoms with van der Waals surface area (Å²) in [6.45, 7) is 7.49. The van der Waals surface area contributed by atoms with Crippen molar-refractivity contribution in [1.29, 1.82) is 0 Å². The number of ether oxygens (including phenoxy) is 1. The fraction of sp³-hybridized carbons (Fsp3) is 0.750. The molecule has 1 atom stereocenters. The van der Waals surface area contributed by atoms with Crippen molar-refractivity contribution < 1.29 is 22.7 Å². The topological polar surface area (TPSA) is 58.2 Å². The third-order valence-corrected chi connectivity index (χ3v) is 4.39. The lowest BCUT2D eigenvalue weighted by Crippen LogP contribution is -2.65. The lowest BCUT2D eigenvalue weighted by Gasteiger charge is -2.49. The SMILES string of the molecule is Cc1n[nH]c(C)c1CCC(=O)N1CC(C)(C)OC(C)(C(F)(F)F)C1. The van der Waals surface area contributed by atoms with Gasteiger partial charge < -0.3 is 9.64 Å². The van der Waals surface area contributed by atoms with Crippen LogP contribution in [0.1, 0.15) is 44.1 Å². The van der Waals surface area contributed by atoms with E-state index in [1.807, 2.05) is 13.8 Å². The standard InChI is InChI=1S/C16H24F3N3O2/c1-10-12(11(2)21-20-10)6-7-13(23)22-8-14(3,4)24-15(5,9-22)16(17,18)19/h6-9H2,1-5H3,(H,20,21). The van der Waals surface area contributed by atoms with E-state index < -0.39 is 23.9 Å². The van der Waals surface area contributed by atoms with Crippen molar-refractivity contribution >= 4 is 5.91 Å². The molecule has 136 valence electrons. The Kier molecular flexibility index (Phi) is 4.74. The number of aromatic nitrogens is 2. The van der Waals surface area contributed by atoms with Crippen LogP contribution in [0.4, 0.5) is 13.2 Å². The maximum atomic E-state index is 13.3. The average Bonchev–Trinajstić information content (AvgIpc) is 2.72. The van der Waals surface area contributed by atoms with Crippen LogP contribution in [0.15, 0.2) is 0 Å². The Hall–Kier alpha value is -1.57. The van der Waals surface area contributed by atoms with Crippen LogP contribution in [0, 0.1) is 13.8 Å². The summed E-state index contributed by atoms with van der Waals surface area (Å²) in [5, 5.41) is 6.91. The number of carbonyl (C=O) groups is 1. The van der Waals surface area contributed by atoms with Crippen molar-refractivity contribution in [3.63, 3.8) is 0 Å². The van der Waals surface area contributed by atoms with E-state index in [1.165, 1.54) is 4.90 Å². The van der Waals surface area contributed by atoms with E-state index in [0.717, 1.165) is 23.9 Å². The summed E-state index contributed by atoms with van der Waals surface area (Å²) in [6, 6.07) is 0. The molecule has 0 saturated carbocycles. The molecule has 8 heteroatoms. The molecule has 5 nitrogen and oxygen atoms in total. The zero-order valence-corrected chi connectivity index (χ0v) is 14.7. The van der Waals surface area contributed by atoms with Gasteiger partial charge in [0.2, 0.25) is 5.91 Å². The monoisotopic (exact) mass is 347 g/mol. The highest BCUT2D eigenvalue weighted by molar-refractivity contribution is 5.77. The highest BCUT2D eigenvalue weighted by Crippen LogP contribution is 2.40. The number of alkyl halides is 3. The zero-order valence-electron chi connectivity index (χ0n) is 14.7. The molecule has 2 rings (SSSR count). The molecular formula is C16H24F3N3O2. The largest absolute Gasteiger partial charge is 0.418 e. The number of hydrogen-bond acceptors (Lipinski definition) is 3. The van der Waals surface area contributed by atoms with E-state index in [9.17, 15) is 18.0 Å². The van der Waals surface area contributed by atoms with E-state index in [0.29, 0.717) is 6.42 Å². The average molecular weight is 347 g/mol. The molecule has 0 bridgehead atoms. The second-order valence-electron chi connectivity index (χ2n) is 7.25. The molecule has 24 heavy (non-hydrogen) atoms. The number of nitrogens with zero attached hydrogens (tertiary/aromatic N) is 2. The lowest BCUT2D eigenvalue weighted by atomic mass is 9.96. The summed E-state index contributed by atoms with van der Waals surface area (Å²) >= 11 is 0. The van der Waals surface area contributed by atoms with Gasteiger partial charge in [0.1, 0.15) is 0 Å². The summed E-state index contributed by atoms with van der Waals surface area (Å²) in [7, 11) is 0. The Morgan fingerprint density at radius 3 is 2.42 bits per heavy atom. The maximum Gasteiger partial charge on any atom is 0.418 e. The number of amides is 1. The molecule has 0 radical (unpaired) electrons. The Labute approximate surface area is 139 Å². The van der Waals surface area contributed by atoms with Crippen LogP contribution in [0.2, 0.25) is 0 Å². The van der Waals surface area contributed by atoms with Gasteiger partial charge in [0.25, 0.3) is 0 Å². The predicted molar refractivity (Wildman–Crippen MR) is 82.6 cm³/mol. The Morgan fingerprint density at radius 1 is 1.29 bits per heavy atom. The molecular weight excluding hydrogens is 323 g/mol. The van der Waals surface area contributed by atoms with Gasteiger partial charge in [-0.05, 0) is 46.6 Å². The van der Waals surface area contributed by atoms with Crippen molar-refractivity contribution in [3.8, 4) is 0 Å². The van der Waals surface area contributed by atoms with Gasteiger partial charge in [-0.3, -0.25) is 9.89 Å². The first-order chi connectivity index (χ1) is 10.8. The first kappa shape index (κ1) is 18.8. The maximum absolute atomic E-state index is 13.3. The number of morpholine rings is 1. The van der Waals surface area contributed by atoms with Crippen molar-refractivity contribution in [2.24, 2.45) is 0 Å². The van der Waals surface area contributed by atoms with E-state index >= 15 is 0 Å². The molecule has 1 saturated heterocycles. The van der Waals surface area contributed by atoms with E-state index in [-0.39, 0.29) is 18.9 Å². The van der Waals surface area contributed by atoms with Gasteiger partial charge in [0.05, 0.1) is 17.8 Å². The lowest BCUT2D eigenvalue weighted by molar-refractivity contribution is -0.319. The van der Waals surface area contributed by atoms with Gasteiger partial charge in [0.15, 0.2) is 5.60 Å². The van der Waals surface area contributed by atoms with Gasteiger partial charge in [-0.15, -0.1) is 0 Å². The van der Waals surface area contributed by atoms with Crippen LogP contribution in [-0.2, 0) is 16.0 Å². The smallest absolute Gasteiger partial charge is 0.356 e. The van der Waals surface area contributed by atoms with Gasteiger partial charge in [0, 0.05) is 18.7 Å². The molecule has 1 aromatic rings. The van der Waals surface area contributed by atoms with Crippen LogP contribution in [0.25, 0.3) is 0 Å². The minimum Gasteiger partial charge on any atom is -0.356 e. The second-order valence-corrected chi connectivity index (χ2v) is 7.25. The van der Waals surface area contributed by atoms with Gasteiger partial charge in [-0.2, -0.15) is 18.3 Å². The highest BCUT2D eigenvalue weighted by Gasteiger charge is 2.58. The molecule has 1 N–H and O–H groups in total. The molecule has 1 aliphatic rings. The molecule has 1 amide bonds. The van der Waals surface area contributed by atoms with E-state index in [4.69, 9.17) is 4.74 Å². The number of halogens is 3. The van der Waals surface area contributed by atoms with Gasteiger partial charge in [-0.25, -0.2) is 0 Å². The molecule has 1 aromatic heterocycles. The number of H-pyrrole nitrogens is 1. The normalized spacial score (nSPS) is 24.2. The van der Waals surface area contributed by atoms with Crippen LogP contribution in [0.3, 0.4) is 0 Å². The van der Waals surface area contributed by atoms with Crippen molar-refractivity contribution in [2.45, 2.75) is 64.8 Å². The Balaban J connectivity index is 2.11. The van der Waals surface area contributed by atoms with Gasteiger partial charge >= 0.3 is 6.18 Å². The zero-order chi connectivity index (χ0) is 18.3. The van der Waals surface area contributed by atoms with Crippen LogP contribution in [-0.4, -0.2) is 51.5 Å². The van der Waals surface area contributed by atoms with Gasteiger partial charge in [-0.1, -0.05) is 0 Å². The molecule has 0 aliphatic carbocycles. The second kappa shape index (κ2) is 6.06. The van der Waals surface area contributed by atoms with Crippen LogP contribution >= 0.6 is 0 Å². The first-order valence-electron chi connectivity index (χ1n) is 7.90. The summed E-state index contributed by atoms with van der Waals surface area (Å²) in [4.78, 5) is 13.8. The highest BCUT2D eigenvalue weighted by atomic mass is 19.4. The number of hydrogen-bond donors (Lipinski definition) is 1. The molecule has 1 aliphatic heterocycles. The first-order valence-corrected chi connectivity index (χ1v) is 7.90. The van der Waals surface area contributed by atoms with Crippen molar-refractivity contribution in [2.75, 3.05) is 13.1 Å². The number of aryl methyl sites for hydroxylation is 2. The summed E-state index contributed by atoms with van der Waals surface area (Å²) in [5.74, 6) is -0.304. The third-order valence-electron chi connectivity index (χ3n) is 4.39. The van der Waals surface area contributed by atoms with Crippen LogP contribution in [0.5, 0.6) is 0 Å². The third kappa shape index (κ3) is 3.74. The summed E-state index contributed by atoms with van der Waals surface area (Å²) in [5.41, 5.74) is -0.786. The minimum absolute atomic E-state index is 0.140. The van der Waals surface area contributed by atoms with Crippen molar-refractivity contribution in [3.05, 3.63) is 17.0 Å². The quantitative estimate of drug-likeness (QED) is 0.915. The number of aromatic amines is 1.